The van der Waals surface area contributed by atoms with Gasteiger partial charge in [0.15, 0.2) is 0 Å². The maximum Gasteiger partial charge on any atom is 0.150 e. The van der Waals surface area contributed by atoms with Crippen LogP contribution in [-0.4, -0.2) is 24.6 Å². The molecule has 0 fully saturated rings. The number of aromatic nitrogens is 1. The Labute approximate surface area is 124 Å². The average Bonchev–Trinajstić information content (AvgIpc) is 2.86. The third-order valence-corrected chi connectivity index (χ3v) is 3.73. The molecule has 0 saturated carbocycles. The van der Waals surface area contributed by atoms with Crippen LogP contribution in [-0.2, 0) is 10.2 Å². The summed E-state index contributed by atoms with van der Waals surface area (Å²) in [4.78, 5) is 15.5. The molecule has 2 aromatic rings. The topological polar surface area (TPSA) is 39.2 Å². The Bertz CT molecular complexity index is 706. The van der Waals surface area contributed by atoms with E-state index in [4.69, 9.17) is 16.3 Å². The third-order valence-electron chi connectivity index (χ3n) is 3.53. The van der Waals surface area contributed by atoms with Crippen molar-refractivity contribution in [2.45, 2.75) is 5.41 Å². The molecule has 1 aliphatic heterocycles. The second-order valence-electron chi connectivity index (χ2n) is 4.87. The lowest BCUT2D eigenvalue weighted by Crippen LogP contribution is -2.32. The monoisotopic (exact) mass is 309 g/mol. The lowest BCUT2D eigenvalue weighted by Gasteiger charge is -2.16. The van der Waals surface area contributed by atoms with Crippen molar-refractivity contribution in [2.75, 3.05) is 13.3 Å². The first-order valence-corrected chi connectivity index (χ1v) is 6.59. The van der Waals surface area contributed by atoms with E-state index in [9.17, 15) is 13.6 Å². The largest absolute Gasteiger partial charge is 0.489 e. The van der Waals surface area contributed by atoms with E-state index in [1.165, 1.54) is 30.3 Å². The molecule has 1 atom stereocenters. The fourth-order valence-corrected chi connectivity index (χ4v) is 2.53. The van der Waals surface area contributed by atoms with Crippen LogP contribution in [0.2, 0.25) is 5.15 Å². The Hall–Kier alpha value is -2.01. The molecule has 1 aromatic heterocycles. The predicted octanol–water partition coefficient (Wildman–Crippen LogP) is 3.34. The Balaban J connectivity index is 2.21. The first-order valence-electron chi connectivity index (χ1n) is 6.22. The smallest absolute Gasteiger partial charge is 0.150 e. The van der Waals surface area contributed by atoms with E-state index in [0.29, 0.717) is 28.9 Å². The fourth-order valence-electron chi connectivity index (χ4n) is 2.34. The summed E-state index contributed by atoms with van der Waals surface area (Å²) < 4.78 is 31.8. The molecule has 0 bridgehead atoms. The fraction of sp³-hybridized carbons (Fsp3) is 0.200. The van der Waals surface area contributed by atoms with Gasteiger partial charge in [-0.15, -0.1) is 0 Å². The third kappa shape index (κ3) is 2.17. The minimum atomic E-state index is -1.35. The van der Waals surface area contributed by atoms with Crippen LogP contribution in [0.5, 0.6) is 5.75 Å². The van der Waals surface area contributed by atoms with Crippen LogP contribution in [0.4, 0.5) is 8.78 Å². The number of pyridine rings is 1. The maximum atomic E-state index is 13.3. The van der Waals surface area contributed by atoms with E-state index in [2.05, 4.69) is 4.98 Å². The Morgan fingerprint density at radius 2 is 2.10 bits per heavy atom. The summed E-state index contributed by atoms with van der Waals surface area (Å²) in [5, 5.41) is 0.123. The highest BCUT2D eigenvalue weighted by atomic mass is 35.5. The minimum absolute atomic E-state index is 0.0987. The van der Waals surface area contributed by atoms with Crippen LogP contribution in [0.15, 0.2) is 30.3 Å². The number of nitrogens with zero attached hydrogens (tertiary/aromatic N) is 1. The van der Waals surface area contributed by atoms with Crippen LogP contribution in [0, 0.1) is 5.82 Å². The highest BCUT2D eigenvalue weighted by Crippen LogP contribution is 2.44. The molecule has 0 spiro atoms. The molecule has 1 aliphatic rings. The molecular weight excluding hydrogens is 300 g/mol. The number of benzene rings is 1. The molecule has 1 aromatic carbocycles. The Morgan fingerprint density at radius 1 is 1.38 bits per heavy atom. The number of fused-ring (bicyclic) bond motifs is 1. The van der Waals surface area contributed by atoms with E-state index in [1.54, 1.807) is 0 Å². The summed E-state index contributed by atoms with van der Waals surface area (Å²) in [6.45, 7) is -0.981. The van der Waals surface area contributed by atoms with Crippen molar-refractivity contribution in [3.05, 3.63) is 46.9 Å². The zero-order valence-electron chi connectivity index (χ0n) is 10.8. The van der Waals surface area contributed by atoms with Gasteiger partial charge in [-0.3, -0.25) is 0 Å². The molecule has 0 amide bonds. The number of hydrogen-bond acceptors (Lipinski definition) is 3. The molecule has 108 valence electrons. The van der Waals surface area contributed by atoms with Gasteiger partial charge in [-0.2, -0.15) is 0 Å². The minimum Gasteiger partial charge on any atom is -0.489 e. The van der Waals surface area contributed by atoms with Gasteiger partial charge in [0.25, 0.3) is 0 Å². The zero-order valence-corrected chi connectivity index (χ0v) is 11.5. The van der Waals surface area contributed by atoms with E-state index in [0.717, 1.165) is 0 Å². The van der Waals surface area contributed by atoms with E-state index < -0.39 is 12.1 Å². The van der Waals surface area contributed by atoms with Crippen molar-refractivity contribution in [3.8, 4) is 17.0 Å². The molecule has 0 N–H and O–H groups in total. The maximum absolute atomic E-state index is 13.3. The summed E-state index contributed by atoms with van der Waals surface area (Å²) in [5.41, 5.74) is -0.0267. The molecule has 0 saturated heterocycles. The Morgan fingerprint density at radius 3 is 2.71 bits per heavy atom. The van der Waals surface area contributed by atoms with E-state index in [-0.39, 0.29) is 17.6 Å². The van der Waals surface area contributed by atoms with Crippen molar-refractivity contribution in [1.29, 1.82) is 0 Å². The van der Waals surface area contributed by atoms with Gasteiger partial charge < -0.3 is 9.53 Å². The molecule has 1 unspecified atom stereocenters. The number of carbonyl (C=O) groups is 1. The van der Waals surface area contributed by atoms with E-state index in [1.807, 2.05) is 0 Å². The number of alkyl halides is 1. The molecule has 0 aliphatic carbocycles. The quantitative estimate of drug-likeness (QED) is 0.645. The van der Waals surface area contributed by atoms with Crippen LogP contribution in [0.1, 0.15) is 5.56 Å². The first-order chi connectivity index (χ1) is 10.1. The highest BCUT2D eigenvalue weighted by Gasteiger charge is 2.43. The summed E-state index contributed by atoms with van der Waals surface area (Å²) in [5.74, 6) is -0.0694. The normalized spacial score (nSPS) is 20.0. The van der Waals surface area contributed by atoms with Crippen molar-refractivity contribution in [1.82, 2.24) is 4.98 Å². The molecule has 21 heavy (non-hydrogen) atoms. The van der Waals surface area contributed by atoms with Gasteiger partial charge in [-0.25, -0.2) is 13.8 Å². The number of rotatable bonds is 3. The second-order valence-corrected chi connectivity index (χ2v) is 5.26. The second kappa shape index (κ2) is 5.07. The SMILES string of the molecule is O=CC1(CF)COc2c1cc(Cl)nc2-c1ccc(F)cc1. The molecule has 3 rings (SSSR count). The van der Waals surface area contributed by atoms with Crippen LogP contribution in [0.3, 0.4) is 0 Å². The highest BCUT2D eigenvalue weighted by molar-refractivity contribution is 6.29. The number of halogens is 3. The standard InChI is InChI=1S/C15H10ClF2NO2/c16-12-5-11-14(21-8-15(11,6-17)7-20)13(19-12)9-1-3-10(18)4-2-9/h1-5,7H,6,8H2. The number of hydrogen-bond donors (Lipinski definition) is 0. The van der Waals surface area contributed by atoms with Crippen molar-refractivity contribution >= 4 is 17.9 Å². The average molecular weight is 310 g/mol. The number of aldehydes is 1. The van der Waals surface area contributed by atoms with Gasteiger partial charge >= 0.3 is 0 Å². The van der Waals surface area contributed by atoms with Crippen LogP contribution < -0.4 is 4.74 Å². The molecule has 6 heteroatoms. The summed E-state index contributed by atoms with van der Waals surface area (Å²) in [7, 11) is 0. The molecular formula is C15H10ClF2NO2. The Kier molecular flexibility index (Phi) is 3.37. The van der Waals surface area contributed by atoms with Gasteiger partial charge in [0.05, 0.1) is 0 Å². The van der Waals surface area contributed by atoms with Gasteiger partial charge in [0.1, 0.15) is 47.4 Å². The zero-order chi connectivity index (χ0) is 15.0. The van der Waals surface area contributed by atoms with Crippen molar-refractivity contribution < 1.29 is 18.3 Å². The summed E-state index contributed by atoms with van der Waals surface area (Å²) >= 11 is 5.97. The van der Waals surface area contributed by atoms with Gasteiger partial charge in [-0.05, 0) is 30.3 Å². The first kappa shape index (κ1) is 13.9. The van der Waals surface area contributed by atoms with Gasteiger partial charge in [0.2, 0.25) is 0 Å². The summed E-state index contributed by atoms with van der Waals surface area (Å²) in [6, 6.07) is 7.04. The molecule has 2 heterocycles. The van der Waals surface area contributed by atoms with Crippen LogP contribution in [0.25, 0.3) is 11.3 Å². The van der Waals surface area contributed by atoms with Gasteiger partial charge in [-0.1, -0.05) is 11.6 Å². The van der Waals surface area contributed by atoms with E-state index >= 15 is 0 Å². The lowest BCUT2D eigenvalue weighted by molar-refractivity contribution is -0.113. The van der Waals surface area contributed by atoms with Crippen LogP contribution >= 0.6 is 11.6 Å². The molecule has 3 nitrogen and oxygen atoms in total. The predicted molar refractivity (Wildman–Crippen MR) is 73.9 cm³/mol. The number of carbonyl (C=O) groups excluding carboxylic acids is 1. The number of ether oxygens (including phenoxy) is 1. The van der Waals surface area contributed by atoms with Crippen molar-refractivity contribution in [2.24, 2.45) is 0 Å². The molecule has 0 radical (unpaired) electrons. The summed E-state index contributed by atoms with van der Waals surface area (Å²) in [6.07, 6.45) is 0.531. The lowest BCUT2D eigenvalue weighted by atomic mass is 9.85. The van der Waals surface area contributed by atoms with Crippen molar-refractivity contribution in [3.63, 3.8) is 0 Å². The van der Waals surface area contributed by atoms with Gasteiger partial charge in [0, 0.05) is 11.1 Å².